The van der Waals surface area contributed by atoms with Gasteiger partial charge in [-0.2, -0.15) is 0 Å². The molecule has 1 saturated carbocycles. The number of anilines is 1. The van der Waals surface area contributed by atoms with Gasteiger partial charge in [0.1, 0.15) is 11.5 Å². The van der Waals surface area contributed by atoms with E-state index in [1.165, 1.54) is 12.8 Å². The van der Waals surface area contributed by atoms with E-state index < -0.39 is 5.82 Å². The first-order valence-corrected chi connectivity index (χ1v) is 7.79. The van der Waals surface area contributed by atoms with Gasteiger partial charge in [0.25, 0.3) is 0 Å². The van der Waals surface area contributed by atoms with Crippen LogP contribution < -0.4 is 14.8 Å². The highest BCUT2D eigenvalue weighted by atomic mass is 19.1. The number of methoxy groups -OCH3 is 1. The number of rotatable bonds is 6. The number of hydrogen-bond donors (Lipinski definition) is 1. The third-order valence-corrected chi connectivity index (χ3v) is 3.93. The summed E-state index contributed by atoms with van der Waals surface area (Å²) >= 11 is 0. The third-order valence-electron chi connectivity index (χ3n) is 3.93. The highest BCUT2D eigenvalue weighted by Crippen LogP contribution is 2.30. The SMILES string of the molecule is COc1ccc(CNc2ncc(F)cn2)c(OC2CCCC2)c1. The molecule has 1 aromatic carbocycles. The molecule has 6 heteroatoms. The van der Waals surface area contributed by atoms with Gasteiger partial charge < -0.3 is 14.8 Å². The zero-order valence-corrected chi connectivity index (χ0v) is 13.1. The molecule has 0 amide bonds. The fourth-order valence-electron chi connectivity index (χ4n) is 2.68. The Morgan fingerprint density at radius 1 is 1.22 bits per heavy atom. The molecule has 122 valence electrons. The summed E-state index contributed by atoms with van der Waals surface area (Å²) in [4.78, 5) is 7.79. The van der Waals surface area contributed by atoms with Crippen LogP contribution in [0.2, 0.25) is 0 Å². The lowest BCUT2D eigenvalue weighted by Gasteiger charge is -2.17. The Hall–Kier alpha value is -2.37. The van der Waals surface area contributed by atoms with E-state index in [1.807, 2.05) is 18.2 Å². The van der Waals surface area contributed by atoms with E-state index in [0.717, 1.165) is 42.3 Å². The van der Waals surface area contributed by atoms with Crippen molar-refractivity contribution < 1.29 is 13.9 Å². The minimum atomic E-state index is -0.453. The van der Waals surface area contributed by atoms with Gasteiger partial charge in [-0.1, -0.05) is 0 Å². The van der Waals surface area contributed by atoms with Crippen LogP contribution in [0.25, 0.3) is 0 Å². The molecule has 0 aliphatic heterocycles. The van der Waals surface area contributed by atoms with E-state index in [-0.39, 0.29) is 6.10 Å². The predicted molar refractivity (Wildman–Crippen MR) is 85.2 cm³/mol. The predicted octanol–water partition coefficient (Wildman–Crippen LogP) is 3.56. The first-order chi connectivity index (χ1) is 11.2. The summed E-state index contributed by atoms with van der Waals surface area (Å²) in [6, 6.07) is 5.75. The van der Waals surface area contributed by atoms with Crippen LogP contribution in [-0.4, -0.2) is 23.2 Å². The molecular weight excluding hydrogens is 297 g/mol. The van der Waals surface area contributed by atoms with Crippen molar-refractivity contribution >= 4 is 5.95 Å². The average molecular weight is 317 g/mol. The van der Waals surface area contributed by atoms with E-state index in [0.29, 0.717) is 12.5 Å². The van der Waals surface area contributed by atoms with E-state index in [1.54, 1.807) is 7.11 Å². The summed E-state index contributed by atoms with van der Waals surface area (Å²) in [7, 11) is 1.64. The normalized spacial score (nSPS) is 14.7. The Morgan fingerprint density at radius 2 is 1.96 bits per heavy atom. The highest BCUT2D eigenvalue weighted by molar-refractivity contribution is 5.42. The van der Waals surface area contributed by atoms with Gasteiger partial charge in [0.15, 0.2) is 5.82 Å². The Labute approximate surface area is 134 Å². The lowest BCUT2D eigenvalue weighted by molar-refractivity contribution is 0.207. The van der Waals surface area contributed by atoms with E-state index in [2.05, 4.69) is 15.3 Å². The molecule has 2 aromatic rings. The maximum atomic E-state index is 12.8. The first-order valence-electron chi connectivity index (χ1n) is 7.79. The summed E-state index contributed by atoms with van der Waals surface area (Å²) < 4.78 is 24.3. The molecule has 0 atom stereocenters. The van der Waals surface area contributed by atoms with Crippen molar-refractivity contribution in [2.24, 2.45) is 0 Å². The van der Waals surface area contributed by atoms with Crippen molar-refractivity contribution in [1.82, 2.24) is 9.97 Å². The molecule has 0 radical (unpaired) electrons. The highest BCUT2D eigenvalue weighted by Gasteiger charge is 2.18. The summed E-state index contributed by atoms with van der Waals surface area (Å²) in [6.45, 7) is 0.498. The molecule has 1 aliphatic rings. The minimum Gasteiger partial charge on any atom is -0.497 e. The van der Waals surface area contributed by atoms with E-state index in [9.17, 15) is 4.39 Å². The van der Waals surface area contributed by atoms with Gasteiger partial charge in [0.05, 0.1) is 25.6 Å². The Morgan fingerprint density at radius 3 is 2.65 bits per heavy atom. The number of nitrogens with one attached hydrogen (secondary N) is 1. The molecule has 0 spiro atoms. The molecule has 0 bridgehead atoms. The second-order valence-corrected chi connectivity index (χ2v) is 5.58. The zero-order valence-electron chi connectivity index (χ0n) is 13.1. The third kappa shape index (κ3) is 4.09. The van der Waals surface area contributed by atoms with Crippen LogP contribution >= 0.6 is 0 Å². The molecule has 0 saturated heterocycles. The van der Waals surface area contributed by atoms with Crippen LogP contribution in [0, 0.1) is 5.82 Å². The standard InChI is InChI=1S/C17H20FN3O2/c1-22-15-7-6-12(9-19-17-20-10-13(18)11-21-17)16(8-15)23-14-4-2-3-5-14/h6-8,10-11,14H,2-5,9H2,1H3,(H,19,20,21). The van der Waals surface area contributed by atoms with Crippen LogP contribution in [0.4, 0.5) is 10.3 Å². The summed E-state index contributed by atoms with van der Waals surface area (Å²) in [5.41, 5.74) is 0.991. The van der Waals surface area contributed by atoms with Crippen LogP contribution in [0.1, 0.15) is 31.2 Å². The van der Waals surface area contributed by atoms with Crippen LogP contribution in [-0.2, 0) is 6.54 Å². The van der Waals surface area contributed by atoms with Crippen LogP contribution in [0.3, 0.4) is 0 Å². The maximum Gasteiger partial charge on any atom is 0.223 e. The quantitative estimate of drug-likeness (QED) is 0.883. The van der Waals surface area contributed by atoms with Gasteiger partial charge >= 0.3 is 0 Å². The number of aromatic nitrogens is 2. The molecule has 23 heavy (non-hydrogen) atoms. The Kier molecular flexibility index (Phi) is 4.90. The zero-order chi connectivity index (χ0) is 16.1. The molecule has 1 N–H and O–H groups in total. The Balaban J connectivity index is 1.72. The molecule has 1 aliphatic carbocycles. The largest absolute Gasteiger partial charge is 0.497 e. The van der Waals surface area contributed by atoms with Gasteiger partial charge in [0, 0.05) is 18.2 Å². The van der Waals surface area contributed by atoms with Gasteiger partial charge in [0.2, 0.25) is 5.95 Å². The second kappa shape index (κ2) is 7.26. The number of hydrogen-bond acceptors (Lipinski definition) is 5. The monoisotopic (exact) mass is 317 g/mol. The lowest BCUT2D eigenvalue weighted by Crippen LogP contribution is -2.13. The van der Waals surface area contributed by atoms with Gasteiger partial charge in [-0.15, -0.1) is 0 Å². The first kappa shape index (κ1) is 15.5. The minimum absolute atomic E-state index is 0.267. The van der Waals surface area contributed by atoms with Gasteiger partial charge in [-0.05, 0) is 37.8 Å². The van der Waals surface area contributed by atoms with Crippen LogP contribution in [0.5, 0.6) is 11.5 Å². The summed E-state index contributed by atoms with van der Waals surface area (Å²) in [6.07, 6.45) is 7.15. The lowest BCUT2D eigenvalue weighted by atomic mass is 10.2. The van der Waals surface area contributed by atoms with Crippen molar-refractivity contribution in [3.05, 3.63) is 42.0 Å². The van der Waals surface area contributed by atoms with Crippen molar-refractivity contribution in [2.75, 3.05) is 12.4 Å². The van der Waals surface area contributed by atoms with Crippen molar-refractivity contribution in [2.45, 2.75) is 38.3 Å². The molecule has 5 nitrogen and oxygen atoms in total. The fourth-order valence-corrected chi connectivity index (χ4v) is 2.68. The average Bonchev–Trinajstić information content (AvgIpc) is 3.08. The molecule has 3 rings (SSSR count). The number of halogens is 1. The van der Waals surface area contributed by atoms with Gasteiger partial charge in [-0.3, -0.25) is 0 Å². The summed E-state index contributed by atoms with van der Waals surface area (Å²) in [5.74, 6) is 1.50. The smallest absolute Gasteiger partial charge is 0.223 e. The number of benzene rings is 1. The van der Waals surface area contributed by atoms with E-state index >= 15 is 0 Å². The van der Waals surface area contributed by atoms with Crippen molar-refractivity contribution in [3.63, 3.8) is 0 Å². The molecule has 1 aromatic heterocycles. The topological polar surface area (TPSA) is 56.3 Å². The van der Waals surface area contributed by atoms with Crippen molar-refractivity contribution in [1.29, 1.82) is 0 Å². The van der Waals surface area contributed by atoms with Crippen molar-refractivity contribution in [3.8, 4) is 11.5 Å². The Bertz CT molecular complexity index is 643. The van der Waals surface area contributed by atoms with Gasteiger partial charge in [-0.25, -0.2) is 14.4 Å². The van der Waals surface area contributed by atoms with E-state index in [4.69, 9.17) is 9.47 Å². The molecule has 1 heterocycles. The molecular formula is C17H20FN3O2. The second-order valence-electron chi connectivity index (χ2n) is 5.58. The molecule has 1 fully saturated rings. The number of ether oxygens (including phenoxy) is 2. The number of nitrogens with zero attached hydrogens (tertiary/aromatic N) is 2. The molecule has 0 unspecified atom stereocenters. The summed E-state index contributed by atoms with van der Waals surface area (Å²) in [5, 5.41) is 3.08. The fraction of sp³-hybridized carbons (Fsp3) is 0.412. The van der Waals surface area contributed by atoms with Crippen LogP contribution in [0.15, 0.2) is 30.6 Å². The maximum absolute atomic E-state index is 12.8.